The molecular formula is C19H26N4O2. The summed E-state index contributed by atoms with van der Waals surface area (Å²) in [5.41, 5.74) is 2.10. The molecule has 25 heavy (non-hydrogen) atoms. The van der Waals surface area contributed by atoms with Crippen molar-refractivity contribution in [2.24, 2.45) is 0 Å². The van der Waals surface area contributed by atoms with Gasteiger partial charge in [0.25, 0.3) is 11.8 Å². The zero-order chi connectivity index (χ0) is 18.4. The van der Waals surface area contributed by atoms with Crippen molar-refractivity contribution in [3.05, 3.63) is 53.3 Å². The second-order valence-corrected chi connectivity index (χ2v) is 6.33. The molecule has 2 amide bonds. The Morgan fingerprint density at radius 1 is 1.12 bits per heavy atom. The molecule has 1 heterocycles. The third-order valence-electron chi connectivity index (χ3n) is 4.21. The van der Waals surface area contributed by atoms with Crippen LogP contribution in [0.15, 0.2) is 36.7 Å². The number of rotatable bonds is 7. The Balaban J connectivity index is 1.93. The molecule has 0 aliphatic rings. The van der Waals surface area contributed by atoms with Crippen LogP contribution in [0.2, 0.25) is 0 Å². The fourth-order valence-corrected chi connectivity index (χ4v) is 2.48. The van der Waals surface area contributed by atoms with E-state index in [1.54, 1.807) is 23.1 Å². The van der Waals surface area contributed by atoms with Gasteiger partial charge < -0.3 is 10.6 Å². The van der Waals surface area contributed by atoms with Gasteiger partial charge >= 0.3 is 0 Å². The number of nitrogens with zero attached hydrogens (tertiary/aromatic N) is 2. The minimum atomic E-state index is -0.213. The van der Waals surface area contributed by atoms with Gasteiger partial charge in [-0.05, 0) is 38.8 Å². The number of carbonyl (C=O) groups is 2. The molecule has 6 heteroatoms. The third kappa shape index (κ3) is 4.92. The van der Waals surface area contributed by atoms with E-state index in [9.17, 15) is 9.59 Å². The first kappa shape index (κ1) is 18.7. The van der Waals surface area contributed by atoms with E-state index in [2.05, 4.69) is 22.7 Å². The summed E-state index contributed by atoms with van der Waals surface area (Å²) in [5, 5.41) is 10.0. The van der Waals surface area contributed by atoms with Crippen molar-refractivity contribution in [3.8, 4) is 0 Å². The number of amides is 2. The molecule has 0 spiro atoms. The number of aromatic nitrogens is 2. The van der Waals surface area contributed by atoms with Crippen LogP contribution in [0.4, 0.5) is 0 Å². The lowest BCUT2D eigenvalue weighted by molar-refractivity contribution is 0.0891. The van der Waals surface area contributed by atoms with Crippen molar-refractivity contribution in [2.45, 2.75) is 52.7 Å². The molecule has 134 valence electrons. The van der Waals surface area contributed by atoms with Crippen molar-refractivity contribution < 1.29 is 9.59 Å². The second kappa shape index (κ2) is 8.46. The van der Waals surface area contributed by atoms with E-state index in [0.29, 0.717) is 11.1 Å². The summed E-state index contributed by atoms with van der Waals surface area (Å²) in [6.07, 6.45) is 4.26. The molecule has 0 saturated carbocycles. The van der Waals surface area contributed by atoms with Crippen LogP contribution in [0.25, 0.3) is 0 Å². The van der Waals surface area contributed by atoms with Gasteiger partial charge in [-0.1, -0.05) is 25.1 Å². The highest BCUT2D eigenvalue weighted by Crippen LogP contribution is 2.08. The van der Waals surface area contributed by atoms with Crippen molar-refractivity contribution in [1.29, 1.82) is 0 Å². The van der Waals surface area contributed by atoms with E-state index in [-0.39, 0.29) is 23.9 Å². The summed E-state index contributed by atoms with van der Waals surface area (Å²) in [6, 6.07) is 7.02. The zero-order valence-electron chi connectivity index (χ0n) is 15.2. The largest absolute Gasteiger partial charge is 0.348 e. The maximum absolute atomic E-state index is 12.4. The molecule has 2 N–H and O–H groups in total. The number of hydrogen-bond donors (Lipinski definition) is 2. The maximum atomic E-state index is 12.4. The average molecular weight is 342 g/mol. The van der Waals surface area contributed by atoms with Crippen LogP contribution in [-0.2, 0) is 6.54 Å². The monoisotopic (exact) mass is 342 g/mol. The van der Waals surface area contributed by atoms with Crippen LogP contribution in [-0.4, -0.2) is 33.7 Å². The maximum Gasteiger partial charge on any atom is 0.254 e. The van der Waals surface area contributed by atoms with Crippen LogP contribution in [0, 0.1) is 6.92 Å². The van der Waals surface area contributed by atoms with Crippen LogP contribution >= 0.6 is 0 Å². The van der Waals surface area contributed by atoms with E-state index >= 15 is 0 Å². The van der Waals surface area contributed by atoms with Crippen molar-refractivity contribution in [1.82, 2.24) is 20.4 Å². The lowest BCUT2D eigenvalue weighted by atomic mass is 10.1. The lowest BCUT2D eigenvalue weighted by Gasteiger charge is -2.22. The summed E-state index contributed by atoms with van der Waals surface area (Å²) in [6.45, 7) is 8.49. The predicted molar refractivity (Wildman–Crippen MR) is 97.6 cm³/mol. The number of nitrogens with one attached hydrogen (secondary N) is 2. The average Bonchev–Trinajstić information content (AvgIpc) is 3.04. The van der Waals surface area contributed by atoms with Gasteiger partial charge in [0, 0.05) is 30.4 Å². The summed E-state index contributed by atoms with van der Waals surface area (Å²) in [5.74, 6) is -0.325. The van der Waals surface area contributed by atoms with Gasteiger partial charge in [0.15, 0.2) is 0 Å². The highest BCUT2D eigenvalue weighted by Gasteiger charge is 2.19. The Kier molecular flexibility index (Phi) is 6.33. The van der Waals surface area contributed by atoms with Gasteiger partial charge in [-0.3, -0.25) is 14.3 Å². The molecular weight excluding hydrogens is 316 g/mol. The van der Waals surface area contributed by atoms with Crippen molar-refractivity contribution in [2.75, 3.05) is 0 Å². The van der Waals surface area contributed by atoms with Gasteiger partial charge in [-0.25, -0.2) is 0 Å². The van der Waals surface area contributed by atoms with Crippen LogP contribution in [0.5, 0.6) is 0 Å². The molecule has 2 unspecified atom stereocenters. The first-order chi connectivity index (χ1) is 11.9. The van der Waals surface area contributed by atoms with Crippen LogP contribution < -0.4 is 10.6 Å². The number of aryl methyl sites for hydroxylation is 2. The van der Waals surface area contributed by atoms with Gasteiger partial charge in [0.2, 0.25) is 0 Å². The fourth-order valence-electron chi connectivity index (χ4n) is 2.48. The number of hydrogen-bond acceptors (Lipinski definition) is 3. The van der Waals surface area contributed by atoms with E-state index in [4.69, 9.17) is 0 Å². The first-order valence-corrected chi connectivity index (χ1v) is 8.62. The van der Waals surface area contributed by atoms with E-state index in [1.165, 1.54) is 0 Å². The molecule has 0 bridgehead atoms. The molecule has 2 aromatic rings. The highest BCUT2D eigenvalue weighted by molar-refractivity contribution is 5.96. The Morgan fingerprint density at radius 2 is 1.76 bits per heavy atom. The van der Waals surface area contributed by atoms with Crippen LogP contribution in [0.3, 0.4) is 0 Å². The van der Waals surface area contributed by atoms with Crippen LogP contribution in [0.1, 0.15) is 53.5 Å². The van der Waals surface area contributed by atoms with E-state index < -0.39 is 0 Å². The first-order valence-electron chi connectivity index (χ1n) is 8.62. The molecule has 0 aliphatic heterocycles. The molecule has 1 aromatic carbocycles. The normalized spacial score (nSPS) is 13.1. The van der Waals surface area contributed by atoms with Gasteiger partial charge in [0.05, 0.1) is 11.8 Å². The third-order valence-corrected chi connectivity index (χ3v) is 4.21. The number of carbonyl (C=O) groups excluding carboxylic acids is 2. The summed E-state index contributed by atoms with van der Waals surface area (Å²) < 4.78 is 1.75. The molecule has 0 fully saturated rings. The minimum absolute atomic E-state index is 0.137. The standard InChI is InChI=1S/C19H26N4O2/c1-5-10-23-12-16(11-20-23)18(24)21-14(3)15(4)22-19(25)17-9-7-6-8-13(17)2/h6-9,11-12,14-15H,5,10H2,1-4H3,(H,21,24)(H,22,25). The van der Waals surface area contributed by atoms with E-state index in [1.807, 2.05) is 39.0 Å². The van der Waals surface area contributed by atoms with Gasteiger partial charge in [-0.15, -0.1) is 0 Å². The van der Waals surface area contributed by atoms with E-state index in [0.717, 1.165) is 18.5 Å². The minimum Gasteiger partial charge on any atom is -0.348 e. The predicted octanol–water partition coefficient (Wildman–Crippen LogP) is 2.54. The van der Waals surface area contributed by atoms with Gasteiger partial charge in [-0.2, -0.15) is 5.10 Å². The quantitative estimate of drug-likeness (QED) is 0.812. The Hall–Kier alpha value is -2.63. The molecule has 0 saturated heterocycles. The number of benzene rings is 1. The molecule has 2 rings (SSSR count). The van der Waals surface area contributed by atoms with Gasteiger partial charge in [0.1, 0.15) is 0 Å². The zero-order valence-corrected chi connectivity index (χ0v) is 15.2. The lowest BCUT2D eigenvalue weighted by Crippen LogP contribution is -2.48. The topological polar surface area (TPSA) is 76.0 Å². The summed E-state index contributed by atoms with van der Waals surface area (Å²) in [7, 11) is 0. The molecule has 0 aliphatic carbocycles. The Bertz CT molecular complexity index is 739. The van der Waals surface area contributed by atoms with Crippen molar-refractivity contribution >= 4 is 11.8 Å². The molecule has 6 nitrogen and oxygen atoms in total. The molecule has 1 aromatic heterocycles. The fraction of sp³-hybridized carbons (Fsp3) is 0.421. The highest BCUT2D eigenvalue weighted by atomic mass is 16.2. The summed E-state index contributed by atoms with van der Waals surface area (Å²) in [4.78, 5) is 24.7. The van der Waals surface area contributed by atoms with Crippen molar-refractivity contribution in [3.63, 3.8) is 0 Å². The second-order valence-electron chi connectivity index (χ2n) is 6.33. The Morgan fingerprint density at radius 3 is 2.40 bits per heavy atom. The SMILES string of the molecule is CCCn1cc(C(=O)NC(C)C(C)NC(=O)c2ccccc2C)cn1. The molecule has 2 atom stereocenters. The summed E-state index contributed by atoms with van der Waals surface area (Å²) >= 11 is 0. The Labute approximate surface area is 148 Å². The smallest absolute Gasteiger partial charge is 0.254 e. The molecule has 0 radical (unpaired) electrons.